The number of primary amides is 1. The maximum atomic E-state index is 13.1. The van der Waals surface area contributed by atoms with Gasteiger partial charge in [-0.15, -0.1) is 11.3 Å². The van der Waals surface area contributed by atoms with Gasteiger partial charge in [0.15, 0.2) is 6.04 Å². The van der Waals surface area contributed by atoms with Crippen molar-refractivity contribution in [1.29, 1.82) is 0 Å². The van der Waals surface area contributed by atoms with Crippen molar-refractivity contribution < 1.29 is 4.79 Å². The molecular weight excluding hydrogens is 350 g/mol. The average molecular weight is 369 g/mol. The molecule has 0 radical (unpaired) electrons. The number of hydrogen-bond donors (Lipinski definition) is 1. The van der Waals surface area contributed by atoms with E-state index in [2.05, 4.69) is 15.1 Å². The van der Waals surface area contributed by atoms with Crippen LogP contribution >= 0.6 is 11.3 Å². The highest BCUT2D eigenvalue weighted by atomic mass is 32.1. The van der Waals surface area contributed by atoms with Gasteiger partial charge < -0.3 is 5.73 Å². The Bertz CT molecular complexity index is 1040. The summed E-state index contributed by atoms with van der Waals surface area (Å²) < 4.78 is 1.71. The number of nitrogens with two attached hydrogens (primary N) is 1. The van der Waals surface area contributed by atoms with Crippen LogP contribution in [0.5, 0.6) is 0 Å². The minimum absolute atomic E-state index is 0.0516. The first-order valence-corrected chi connectivity index (χ1v) is 9.42. The smallest absolute Gasteiger partial charge is 0.287 e. The normalized spacial score (nSPS) is 15.5. The predicted octanol–water partition coefficient (Wildman–Crippen LogP) is 2.32. The zero-order chi connectivity index (χ0) is 18.4. The average Bonchev–Trinajstić information content (AvgIpc) is 3.36. The number of pyridine rings is 1. The van der Waals surface area contributed by atoms with Gasteiger partial charge in [-0.2, -0.15) is 5.10 Å². The lowest BCUT2D eigenvalue weighted by atomic mass is 10.1. The molecule has 1 aliphatic rings. The fourth-order valence-corrected chi connectivity index (χ4v) is 4.14. The molecule has 1 unspecified atom stereocenters. The van der Waals surface area contributed by atoms with Crippen molar-refractivity contribution in [2.75, 3.05) is 0 Å². The molecule has 1 aliphatic carbocycles. The SMILES string of the molecule is CC(C)c1nn(C(C(N)=O)c2ccccn2)c(=O)c2sc(C3CC3)nc12. The second-order valence-electron chi connectivity index (χ2n) is 6.85. The maximum Gasteiger partial charge on any atom is 0.287 e. The van der Waals surface area contributed by atoms with E-state index in [1.165, 1.54) is 16.0 Å². The Balaban J connectivity index is 1.98. The molecule has 1 amide bonds. The quantitative estimate of drug-likeness (QED) is 0.743. The molecule has 26 heavy (non-hydrogen) atoms. The minimum Gasteiger partial charge on any atom is -0.367 e. The molecular formula is C18H19N5O2S. The first-order valence-electron chi connectivity index (χ1n) is 8.60. The van der Waals surface area contributed by atoms with Crippen molar-refractivity contribution in [3.63, 3.8) is 0 Å². The van der Waals surface area contributed by atoms with Crippen LogP contribution < -0.4 is 11.3 Å². The third-order valence-electron chi connectivity index (χ3n) is 4.46. The fourth-order valence-electron chi connectivity index (χ4n) is 2.97. The van der Waals surface area contributed by atoms with E-state index in [1.807, 2.05) is 13.8 Å². The Morgan fingerprint density at radius 3 is 2.69 bits per heavy atom. The molecule has 7 nitrogen and oxygen atoms in total. The van der Waals surface area contributed by atoms with E-state index in [0.717, 1.165) is 17.8 Å². The van der Waals surface area contributed by atoms with Gasteiger partial charge in [0.2, 0.25) is 5.91 Å². The van der Waals surface area contributed by atoms with Gasteiger partial charge in [-0.05, 0) is 30.9 Å². The molecule has 3 aromatic heterocycles. The summed E-state index contributed by atoms with van der Waals surface area (Å²) in [5, 5.41) is 5.48. The van der Waals surface area contributed by atoms with Crippen LogP contribution in [0, 0.1) is 0 Å². The number of rotatable bonds is 5. The lowest BCUT2D eigenvalue weighted by molar-refractivity contribution is -0.120. The number of carbonyl (C=O) groups is 1. The second kappa shape index (κ2) is 6.28. The van der Waals surface area contributed by atoms with E-state index in [9.17, 15) is 9.59 Å². The minimum atomic E-state index is -1.04. The number of aromatic nitrogens is 4. The van der Waals surface area contributed by atoms with Gasteiger partial charge in [-0.3, -0.25) is 14.6 Å². The van der Waals surface area contributed by atoms with Gasteiger partial charge in [0.1, 0.15) is 10.2 Å². The molecule has 0 aliphatic heterocycles. The molecule has 1 atom stereocenters. The molecule has 0 spiro atoms. The molecule has 0 aromatic carbocycles. The molecule has 3 aromatic rings. The number of hydrogen-bond acceptors (Lipinski definition) is 6. The van der Waals surface area contributed by atoms with Gasteiger partial charge in [-0.1, -0.05) is 19.9 Å². The molecule has 0 saturated heterocycles. The molecule has 4 rings (SSSR count). The highest BCUT2D eigenvalue weighted by molar-refractivity contribution is 7.18. The Labute approximate surface area is 153 Å². The third-order valence-corrected chi connectivity index (χ3v) is 5.67. The first kappa shape index (κ1) is 16.8. The Hall–Kier alpha value is -2.61. The molecule has 134 valence electrons. The standard InChI is InChI=1S/C18H19N5O2S/c1-9(2)12-13-15(26-17(21-13)10-6-7-10)18(25)23(22-12)14(16(19)24)11-5-3-4-8-20-11/h3-5,8-10,14H,6-7H2,1-2H3,(H2,19,24). The summed E-state index contributed by atoms with van der Waals surface area (Å²) in [5.41, 5.74) is 7.02. The summed E-state index contributed by atoms with van der Waals surface area (Å²) in [4.78, 5) is 34.2. The van der Waals surface area contributed by atoms with Crippen molar-refractivity contribution >= 4 is 27.5 Å². The van der Waals surface area contributed by atoms with Crippen molar-refractivity contribution in [2.24, 2.45) is 5.73 Å². The lowest BCUT2D eigenvalue weighted by Crippen LogP contribution is -2.37. The largest absolute Gasteiger partial charge is 0.367 e. The van der Waals surface area contributed by atoms with Crippen molar-refractivity contribution in [3.8, 4) is 0 Å². The number of amides is 1. The summed E-state index contributed by atoms with van der Waals surface area (Å²) in [5.74, 6) is -0.168. The number of thiazole rings is 1. The summed E-state index contributed by atoms with van der Waals surface area (Å²) in [6.07, 6.45) is 3.78. The monoisotopic (exact) mass is 369 g/mol. The maximum absolute atomic E-state index is 13.1. The lowest BCUT2D eigenvalue weighted by Gasteiger charge is -2.17. The van der Waals surface area contributed by atoms with Gasteiger partial charge in [0.25, 0.3) is 5.56 Å². The summed E-state index contributed by atoms with van der Waals surface area (Å²) in [6.45, 7) is 3.99. The van der Waals surface area contributed by atoms with E-state index in [1.54, 1.807) is 24.4 Å². The van der Waals surface area contributed by atoms with Crippen LogP contribution in [0.25, 0.3) is 10.2 Å². The van der Waals surface area contributed by atoms with Gasteiger partial charge in [-0.25, -0.2) is 9.67 Å². The first-order chi connectivity index (χ1) is 12.5. The Morgan fingerprint density at radius 2 is 2.12 bits per heavy atom. The van der Waals surface area contributed by atoms with Gasteiger partial charge in [0.05, 0.1) is 16.4 Å². The van der Waals surface area contributed by atoms with Gasteiger partial charge >= 0.3 is 0 Å². The number of carbonyl (C=O) groups excluding carboxylic acids is 1. The zero-order valence-electron chi connectivity index (χ0n) is 14.5. The third kappa shape index (κ3) is 2.80. The van der Waals surface area contributed by atoms with Crippen LogP contribution in [0.4, 0.5) is 0 Å². The molecule has 3 heterocycles. The Kier molecular flexibility index (Phi) is 4.07. The fraction of sp³-hybridized carbons (Fsp3) is 0.389. The number of nitrogens with zero attached hydrogens (tertiary/aromatic N) is 4. The van der Waals surface area contributed by atoms with E-state index >= 15 is 0 Å². The molecule has 1 saturated carbocycles. The van der Waals surface area contributed by atoms with Crippen molar-refractivity contribution in [1.82, 2.24) is 19.7 Å². The van der Waals surface area contributed by atoms with Crippen LogP contribution in [0.3, 0.4) is 0 Å². The van der Waals surface area contributed by atoms with E-state index in [-0.39, 0.29) is 11.5 Å². The van der Waals surface area contributed by atoms with Crippen LogP contribution in [-0.4, -0.2) is 25.7 Å². The molecule has 2 N–H and O–H groups in total. The number of fused-ring (bicyclic) bond motifs is 1. The van der Waals surface area contributed by atoms with E-state index in [0.29, 0.717) is 27.5 Å². The highest BCUT2D eigenvalue weighted by Gasteiger charge is 2.31. The van der Waals surface area contributed by atoms with Crippen molar-refractivity contribution in [2.45, 2.75) is 44.6 Å². The van der Waals surface area contributed by atoms with E-state index in [4.69, 9.17) is 5.73 Å². The second-order valence-corrected chi connectivity index (χ2v) is 7.88. The molecule has 8 heteroatoms. The summed E-state index contributed by atoms with van der Waals surface area (Å²) in [6, 6.07) is 4.12. The predicted molar refractivity (Wildman–Crippen MR) is 99.3 cm³/mol. The van der Waals surface area contributed by atoms with Crippen LogP contribution in [0.1, 0.15) is 61.0 Å². The molecule has 0 bridgehead atoms. The van der Waals surface area contributed by atoms with E-state index < -0.39 is 11.9 Å². The Morgan fingerprint density at radius 1 is 1.35 bits per heavy atom. The zero-order valence-corrected chi connectivity index (χ0v) is 15.4. The van der Waals surface area contributed by atoms with Crippen molar-refractivity contribution in [3.05, 3.63) is 51.1 Å². The van der Waals surface area contributed by atoms with Crippen LogP contribution in [0.15, 0.2) is 29.2 Å². The highest BCUT2D eigenvalue weighted by Crippen LogP contribution is 2.43. The van der Waals surface area contributed by atoms with Gasteiger partial charge in [0, 0.05) is 12.1 Å². The summed E-state index contributed by atoms with van der Waals surface area (Å²) in [7, 11) is 0. The van der Waals surface area contributed by atoms with Crippen LogP contribution in [0.2, 0.25) is 0 Å². The topological polar surface area (TPSA) is 104 Å². The van der Waals surface area contributed by atoms with Crippen LogP contribution in [-0.2, 0) is 4.79 Å². The summed E-state index contributed by atoms with van der Waals surface area (Å²) >= 11 is 1.41. The molecule has 1 fully saturated rings.